The van der Waals surface area contributed by atoms with Crippen LogP contribution in [0.3, 0.4) is 0 Å². The lowest BCUT2D eigenvalue weighted by Gasteiger charge is -2.21. The molecule has 2 atom stereocenters. The molecule has 0 aliphatic heterocycles. The van der Waals surface area contributed by atoms with Crippen molar-refractivity contribution >= 4 is 0 Å². The van der Waals surface area contributed by atoms with Gasteiger partial charge in [-0.3, -0.25) is 4.98 Å². The summed E-state index contributed by atoms with van der Waals surface area (Å²) in [5, 5.41) is 0. The predicted molar refractivity (Wildman–Crippen MR) is 66.2 cm³/mol. The molecule has 0 radical (unpaired) electrons. The third-order valence-corrected chi connectivity index (χ3v) is 3.01. The van der Waals surface area contributed by atoms with Crippen LogP contribution >= 0.6 is 0 Å². The maximum absolute atomic E-state index is 6.24. The molecule has 0 aliphatic carbocycles. The lowest BCUT2D eigenvalue weighted by Crippen LogP contribution is -2.22. The highest BCUT2D eigenvalue weighted by atomic mass is 16.5. The largest absolute Gasteiger partial charge is 0.385 e. The normalized spacial score (nSPS) is 14.8. The van der Waals surface area contributed by atoms with Gasteiger partial charge in [-0.05, 0) is 30.4 Å². The standard InChI is InChI=1S/C13H22N2O/c1-4-11-6-5-8-15-13(11)12(14)10(2)7-9-16-3/h5-6,8,10,12H,4,7,9,14H2,1-3H3. The van der Waals surface area contributed by atoms with Crippen LogP contribution in [-0.4, -0.2) is 18.7 Å². The molecule has 1 aromatic heterocycles. The van der Waals surface area contributed by atoms with E-state index in [-0.39, 0.29) is 6.04 Å². The third-order valence-electron chi connectivity index (χ3n) is 3.01. The Balaban J connectivity index is 2.74. The Morgan fingerprint density at radius 3 is 2.88 bits per heavy atom. The van der Waals surface area contributed by atoms with Crippen LogP contribution in [0.25, 0.3) is 0 Å². The lowest BCUT2D eigenvalue weighted by molar-refractivity contribution is 0.174. The molecule has 1 rings (SSSR count). The minimum atomic E-state index is 0.00583. The van der Waals surface area contributed by atoms with E-state index in [9.17, 15) is 0 Å². The van der Waals surface area contributed by atoms with Crippen molar-refractivity contribution in [1.29, 1.82) is 0 Å². The SMILES string of the molecule is CCc1cccnc1C(N)C(C)CCOC. The second-order valence-corrected chi connectivity index (χ2v) is 4.19. The van der Waals surface area contributed by atoms with E-state index in [1.54, 1.807) is 7.11 Å². The van der Waals surface area contributed by atoms with Gasteiger partial charge in [0.15, 0.2) is 0 Å². The van der Waals surface area contributed by atoms with Crippen molar-refractivity contribution in [2.75, 3.05) is 13.7 Å². The zero-order valence-electron chi connectivity index (χ0n) is 10.4. The van der Waals surface area contributed by atoms with Gasteiger partial charge < -0.3 is 10.5 Å². The number of hydrogen-bond acceptors (Lipinski definition) is 3. The summed E-state index contributed by atoms with van der Waals surface area (Å²) in [5.41, 5.74) is 8.52. The number of aryl methyl sites for hydroxylation is 1. The molecule has 0 amide bonds. The summed E-state index contributed by atoms with van der Waals surface area (Å²) < 4.78 is 5.08. The van der Waals surface area contributed by atoms with E-state index in [1.807, 2.05) is 12.3 Å². The van der Waals surface area contributed by atoms with Crippen LogP contribution in [0.5, 0.6) is 0 Å². The van der Waals surface area contributed by atoms with Crippen LogP contribution in [-0.2, 0) is 11.2 Å². The van der Waals surface area contributed by atoms with Gasteiger partial charge in [-0.15, -0.1) is 0 Å². The van der Waals surface area contributed by atoms with Crippen LogP contribution in [0.4, 0.5) is 0 Å². The number of ether oxygens (including phenoxy) is 1. The smallest absolute Gasteiger partial charge is 0.0605 e. The van der Waals surface area contributed by atoms with Crippen molar-refractivity contribution in [3.63, 3.8) is 0 Å². The highest BCUT2D eigenvalue weighted by Gasteiger charge is 2.18. The minimum Gasteiger partial charge on any atom is -0.385 e. The zero-order chi connectivity index (χ0) is 12.0. The Morgan fingerprint density at radius 1 is 1.50 bits per heavy atom. The molecule has 16 heavy (non-hydrogen) atoms. The van der Waals surface area contributed by atoms with Gasteiger partial charge in [0.05, 0.1) is 5.69 Å². The van der Waals surface area contributed by atoms with Gasteiger partial charge >= 0.3 is 0 Å². The van der Waals surface area contributed by atoms with Crippen molar-refractivity contribution < 1.29 is 4.74 Å². The fraction of sp³-hybridized carbons (Fsp3) is 0.615. The molecule has 90 valence electrons. The van der Waals surface area contributed by atoms with E-state index in [4.69, 9.17) is 10.5 Å². The average Bonchev–Trinajstić information content (AvgIpc) is 2.34. The highest BCUT2D eigenvalue weighted by molar-refractivity contribution is 5.22. The molecular formula is C13H22N2O. The van der Waals surface area contributed by atoms with E-state index < -0.39 is 0 Å². The first-order chi connectivity index (χ1) is 7.70. The lowest BCUT2D eigenvalue weighted by atomic mass is 9.93. The second-order valence-electron chi connectivity index (χ2n) is 4.19. The monoisotopic (exact) mass is 222 g/mol. The maximum atomic E-state index is 6.24. The van der Waals surface area contributed by atoms with Gasteiger partial charge in [0.25, 0.3) is 0 Å². The molecule has 2 N–H and O–H groups in total. The van der Waals surface area contributed by atoms with E-state index in [2.05, 4.69) is 24.9 Å². The number of hydrogen-bond donors (Lipinski definition) is 1. The summed E-state index contributed by atoms with van der Waals surface area (Å²) >= 11 is 0. The van der Waals surface area contributed by atoms with Gasteiger partial charge in [0, 0.05) is 26.0 Å². The van der Waals surface area contributed by atoms with Crippen molar-refractivity contribution in [1.82, 2.24) is 4.98 Å². The van der Waals surface area contributed by atoms with E-state index in [1.165, 1.54) is 5.56 Å². The summed E-state index contributed by atoms with van der Waals surface area (Å²) in [6, 6.07) is 4.08. The predicted octanol–water partition coefficient (Wildman–Crippen LogP) is 2.32. The number of aromatic nitrogens is 1. The van der Waals surface area contributed by atoms with Crippen molar-refractivity contribution in [3.8, 4) is 0 Å². The Bertz CT molecular complexity index is 315. The molecule has 1 heterocycles. The highest BCUT2D eigenvalue weighted by Crippen LogP contribution is 2.23. The Labute approximate surface area is 98.0 Å². The zero-order valence-corrected chi connectivity index (χ0v) is 10.4. The maximum Gasteiger partial charge on any atom is 0.0605 e. The van der Waals surface area contributed by atoms with Crippen LogP contribution in [0.2, 0.25) is 0 Å². The van der Waals surface area contributed by atoms with Crippen molar-refractivity contribution in [2.45, 2.75) is 32.7 Å². The average molecular weight is 222 g/mol. The van der Waals surface area contributed by atoms with Gasteiger partial charge in [0.2, 0.25) is 0 Å². The molecule has 0 aliphatic rings. The summed E-state index contributed by atoms with van der Waals surface area (Å²) in [4.78, 5) is 4.41. The molecule has 3 nitrogen and oxygen atoms in total. The molecular weight excluding hydrogens is 200 g/mol. The number of pyridine rings is 1. The first-order valence-electron chi connectivity index (χ1n) is 5.89. The number of nitrogens with zero attached hydrogens (tertiary/aromatic N) is 1. The molecule has 0 saturated heterocycles. The fourth-order valence-corrected chi connectivity index (χ4v) is 1.80. The molecule has 3 heteroatoms. The molecule has 0 saturated carbocycles. The summed E-state index contributed by atoms with van der Waals surface area (Å²) in [6.45, 7) is 5.04. The number of methoxy groups -OCH3 is 1. The quantitative estimate of drug-likeness (QED) is 0.803. The van der Waals surface area contributed by atoms with Crippen LogP contribution in [0.15, 0.2) is 18.3 Å². The molecule has 0 fully saturated rings. The van der Waals surface area contributed by atoms with Gasteiger partial charge in [-0.25, -0.2) is 0 Å². The topological polar surface area (TPSA) is 48.1 Å². The third kappa shape index (κ3) is 3.29. The van der Waals surface area contributed by atoms with Crippen LogP contribution < -0.4 is 5.73 Å². The molecule has 0 bridgehead atoms. The first-order valence-corrected chi connectivity index (χ1v) is 5.89. The Kier molecular flexibility index (Phi) is 5.43. The number of rotatable bonds is 6. The van der Waals surface area contributed by atoms with E-state index in [0.717, 1.165) is 25.1 Å². The van der Waals surface area contributed by atoms with Crippen LogP contribution in [0, 0.1) is 5.92 Å². The molecule has 0 aromatic carbocycles. The van der Waals surface area contributed by atoms with Gasteiger partial charge in [-0.1, -0.05) is 19.9 Å². The van der Waals surface area contributed by atoms with Crippen LogP contribution in [0.1, 0.15) is 37.6 Å². The summed E-state index contributed by atoms with van der Waals surface area (Å²) in [5.74, 6) is 0.389. The summed E-state index contributed by atoms with van der Waals surface area (Å²) in [7, 11) is 1.72. The molecule has 0 spiro atoms. The Hall–Kier alpha value is -0.930. The first kappa shape index (κ1) is 13.1. The van der Waals surface area contributed by atoms with E-state index >= 15 is 0 Å². The Morgan fingerprint density at radius 2 is 2.25 bits per heavy atom. The molecule has 1 aromatic rings. The number of nitrogens with two attached hydrogens (primary N) is 1. The summed E-state index contributed by atoms with van der Waals surface area (Å²) in [6.07, 6.45) is 3.77. The minimum absolute atomic E-state index is 0.00583. The van der Waals surface area contributed by atoms with E-state index in [0.29, 0.717) is 5.92 Å². The van der Waals surface area contributed by atoms with Crippen molar-refractivity contribution in [2.24, 2.45) is 11.7 Å². The van der Waals surface area contributed by atoms with Crippen molar-refractivity contribution in [3.05, 3.63) is 29.6 Å². The fourth-order valence-electron chi connectivity index (χ4n) is 1.80. The second kappa shape index (κ2) is 6.61. The van der Waals surface area contributed by atoms with Gasteiger partial charge in [0.1, 0.15) is 0 Å². The molecule has 2 unspecified atom stereocenters. The van der Waals surface area contributed by atoms with Gasteiger partial charge in [-0.2, -0.15) is 0 Å².